The van der Waals surface area contributed by atoms with Crippen LogP contribution in [-0.2, 0) is 4.79 Å². The van der Waals surface area contributed by atoms with Gasteiger partial charge < -0.3 is 15.2 Å². The first kappa shape index (κ1) is 18.0. The van der Waals surface area contributed by atoms with E-state index in [1.165, 1.54) is 0 Å². The van der Waals surface area contributed by atoms with E-state index in [4.69, 9.17) is 10.3 Å². The lowest BCUT2D eigenvalue weighted by molar-refractivity contribution is -0.135. The molecule has 7 nitrogen and oxygen atoms in total. The molecule has 3 rings (SSSR count). The molecule has 1 saturated heterocycles. The van der Waals surface area contributed by atoms with E-state index in [9.17, 15) is 4.79 Å². The van der Waals surface area contributed by atoms with Gasteiger partial charge in [0, 0.05) is 26.2 Å². The number of aromatic nitrogens is 2. The second kappa shape index (κ2) is 7.63. The maximum atomic E-state index is 12.4. The molecule has 0 spiro atoms. The van der Waals surface area contributed by atoms with Crippen molar-refractivity contribution in [1.82, 2.24) is 19.9 Å². The van der Waals surface area contributed by atoms with Crippen molar-refractivity contribution in [3.05, 3.63) is 23.4 Å². The minimum absolute atomic E-state index is 0.0252. The van der Waals surface area contributed by atoms with E-state index in [0.29, 0.717) is 24.8 Å². The second-order valence-corrected chi connectivity index (χ2v) is 7.69. The number of nitrogens with two attached hydrogens (primary N) is 1. The van der Waals surface area contributed by atoms with Gasteiger partial charge in [0.1, 0.15) is 0 Å². The molecule has 0 saturated carbocycles. The fourth-order valence-electron chi connectivity index (χ4n) is 2.89. The second-order valence-electron chi connectivity index (χ2n) is 6.74. The van der Waals surface area contributed by atoms with Gasteiger partial charge in [-0.25, -0.2) is 0 Å². The van der Waals surface area contributed by atoms with Crippen LogP contribution in [0.5, 0.6) is 0 Å². The summed E-state index contributed by atoms with van der Waals surface area (Å²) in [6.07, 6.45) is 0. The number of carbonyl (C=O) groups is 1. The van der Waals surface area contributed by atoms with Crippen molar-refractivity contribution >= 4 is 17.2 Å². The van der Waals surface area contributed by atoms with Crippen molar-refractivity contribution in [1.29, 1.82) is 0 Å². The van der Waals surface area contributed by atoms with Crippen LogP contribution in [-0.4, -0.2) is 58.1 Å². The minimum Gasteiger partial charge on any atom is -0.339 e. The lowest BCUT2D eigenvalue weighted by atomic mass is 10.0. The number of carbonyl (C=O) groups excluding carboxylic acids is 1. The quantitative estimate of drug-likeness (QED) is 0.874. The summed E-state index contributed by atoms with van der Waals surface area (Å²) >= 11 is 1.59. The maximum absolute atomic E-state index is 12.4. The molecule has 3 heterocycles. The predicted molar refractivity (Wildman–Crippen MR) is 97.0 cm³/mol. The Balaban J connectivity index is 1.58. The molecule has 1 unspecified atom stereocenters. The molecule has 1 aliphatic heterocycles. The minimum atomic E-state index is -0.423. The van der Waals surface area contributed by atoms with Crippen LogP contribution in [0.3, 0.4) is 0 Å². The van der Waals surface area contributed by atoms with Gasteiger partial charge in [-0.3, -0.25) is 9.69 Å². The fraction of sp³-hybridized carbons (Fsp3) is 0.588. The summed E-state index contributed by atoms with van der Waals surface area (Å²) in [5.74, 6) is 1.44. The third kappa shape index (κ3) is 3.91. The van der Waals surface area contributed by atoms with Crippen LogP contribution in [0.2, 0.25) is 0 Å². The van der Waals surface area contributed by atoms with E-state index in [2.05, 4.69) is 22.0 Å². The summed E-state index contributed by atoms with van der Waals surface area (Å²) in [6, 6.07) is 3.55. The van der Waals surface area contributed by atoms with E-state index in [-0.39, 0.29) is 17.9 Å². The highest BCUT2D eigenvalue weighted by Crippen LogP contribution is 2.26. The Labute approximate surface area is 151 Å². The van der Waals surface area contributed by atoms with Crippen molar-refractivity contribution in [2.45, 2.75) is 32.9 Å². The molecule has 8 heteroatoms. The van der Waals surface area contributed by atoms with Crippen LogP contribution in [0.15, 0.2) is 22.0 Å². The van der Waals surface area contributed by atoms with Crippen molar-refractivity contribution < 1.29 is 9.32 Å². The first-order valence-corrected chi connectivity index (χ1v) is 9.51. The highest BCUT2D eigenvalue weighted by atomic mass is 32.1. The SMILES string of the molecule is CC(C)[C@H](N)C(=O)N1CCN(C(C)c2nc(-c3cccs3)no2)CC1. The normalized spacial score (nSPS) is 18.5. The molecule has 1 aliphatic rings. The van der Waals surface area contributed by atoms with Gasteiger partial charge in [0.2, 0.25) is 17.6 Å². The molecular weight excluding hydrogens is 338 g/mol. The zero-order valence-corrected chi connectivity index (χ0v) is 15.7. The van der Waals surface area contributed by atoms with Crippen LogP contribution < -0.4 is 5.73 Å². The molecule has 0 bridgehead atoms. The lowest BCUT2D eigenvalue weighted by Gasteiger charge is -2.38. The third-order valence-electron chi connectivity index (χ3n) is 4.72. The summed E-state index contributed by atoms with van der Waals surface area (Å²) in [6.45, 7) is 8.90. The summed E-state index contributed by atoms with van der Waals surface area (Å²) < 4.78 is 5.45. The van der Waals surface area contributed by atoms with E-state index < -0.39 is 6.04 Å². The van der Waals surface area contributed by atoms with Crippen LogP contribution in [0, 0.1) is 5.92 Å². The zero-order chi connectivity index (χ0) is 18.0. The average Bonchev–Trinajstić information content (AvgIpc) is 3.31. The zero-order valence-electron chi connectivity index (χ0n) is 14.9. The molecule has 1 amide bonds. The molecule has 0 aliphatic carbocycles. The maximum Gasteiger partial charge on any atom is 0.244 e. The fourth-order valence-corrected chi connectivity index (χ4v) is 3.54. The Morgan fingerprint density at radius 3 is 2.60 bits per heavy atom. The van der Waals surface area contributed by atoms with E-state index in [1.807, 2.05) is 36.3 Å². The van der Waals surface area contributed by atoms with Gasteiger partial charge in [-0.1, -0.05) is 25.1 Å². The first-order chi connectivity index (χ1) is 12.0. The van der Waals surface area contributed by atoms with Crippen LogP contribution in [0.1, 0.15) is 32.7 Å². The summed E-state index contributed by atoms with van der Waals surface area (Å²) in [7, 11) is 0. The molecule has 2 aromatic heterocycles. The molecular formula is C17H25N5O2S. The average molecular weight is 363 g/mol. The van der Waals surface area contributed by atoms with Crippen molar-refractivity contribution in [3.8, 4) is 10.7 Å². The number of hydrogen-bond donors (Lipinski definition) is 1. The highest BCUT2D eigenvalue weighted by Gasteiger charge is 2.30. The van der Waals surface area contributed by atoms with E-state index in [0.717, 1.165) is 18.0 Å². The number of hydrogen-bond acceptors (Lipinski definition) is 7. The van der Waals surface area contributed by atoms with Crippen molar-refractivity contribution in [2.75, 3.05) is 26.2 Å². The Hall–Kier alpha value is -1.77. The Morgan fingerprint density at radius 2 is 2.00 bits per heavy atom. The number of amides is 1. The molecule has 1 fully saturated rings. The summed E-state index contributed by atoms with van der Waals surface area (Å²) in [5, 5.41) is 6.07. The van der Waals surface area contributed by atoms with E-state index in [1.54, 1.807) is 11.3 Å². The Morgan fingerprint density at radius 1 is 1.28 bits per heavy atom. The predicted octanol–water partition coefficient (Wildman–Crippen LogP) is 1.99. The van der Waals surface area contributed by atoms with Gasteiger partial charge in [0.15, 0.2) is 0 Å². The number of thiophene rings is 1. The first-order valence-electron chi connectivity index (χ1n) is 8.63. The van der Waals surface area contributed by atoms with Crippen LogP contribution in [0.4, 0.5) is 0 Å². The molecule has 2 N–H and O–H groups in total. The summed E-state index contributed by atoms with van der Waals surface area (Å²) in [5.41, 5.74) is 5.99. The third-order valence-corrected chi connectivity index (χ3v) is 5.58. The molecule has 2 atom stereocenters. The van der Waals surface area contributed by atoms with Gasteiger partial charge in [-0.2, -0.15) is 4.98 Å². The van der Waals surface area contributed by atoms with Gasteiger partial charge >= 0.3 is 0 Å². The van der Waals surface area contributed by atoms with Crippen LogP contribution >= 0.6 is 11.3 Å². The lowest BCUT2D eigenvalue weighted by Crippen LogP contribution is -2.54. The van der Waals surface area contributed by atoms with Gasteiger partial charge in [-0.05, 0) is 24.3 Å². The number of piperazine rings is 1. The smallest absolute Gasteiger partial charge is 0.244 e. The highest BCUT2D eigenvalue weighted by molar-refractivity contribution is 7.13. The molecule has 2 aromatic rings. The molecule has 0 radical (unpaired) electrons. The Bertz CT molecular complexity index is 692. The Kier molecular flexibility index (Phi) is 5.51. The molecule has 136 valence electrons. The number of nitrogens with zero attached hydrogens (tertiary/aromatic N) is 4. The number of rotatable bonds is 5. The van der Waals surface area contributed by atoms with Gasteiger partial charge in [0.05, 0.1) is 17.0 Å². The monoisotopic (exact) mass is 363 g/mol. The topological polar surface area (TPSA) is 88.5 Å². The molecule has 25 heavy (non-hydrogen) atoms. The summed E-state index contributed by atoms with van der Waals surface area (Å²) in [4.78, 5) is 22.0. The van der Waals surface area contributed by atoms with Crippen molar-refractivity contribution in [2.24, 2.45) is 11.7 Å². The molecule has 0 aromatic carbocycles. The van der Waals surface area contributed by atoms with E-state index >= 15 is 0 Å². The largest absolute Gasteiger partial charge is 0.339 e. The van der Waals surface area contributed by atoms with Crippen LogP contribution in [0.25, 0.3) is 10.7 Å². The van der Waals surface area contributed by atoms with Gasteiger partial charge in [-0.15, -0.1) is 11.3 Å². The van der Waals surface area contributed by atoms with Gasteiger partial charge in [0.25, 0.3) is 0 Å². The standard InChI is InChI=1S/C17H25N5O2S/c1-11(2)14(18)17(23)22-8-6-21(7-9-22)12(3)16-19-15(20-24-16)13-5-4-10-25-13/h4-5,10-12,14H,6-9,18H2,1-3H3/t12?,14-/m0/s1. The van der Waals surface area contributed by atoms with Crippen molar-refractivity contribution in [3.63, 3.8) is 0 Å².